The number of hydrogen-bond acceptors (Lipinski definition) is 3. The number of aryl methyl sites for hydroxylation is 1. The highest BCUT2D eigenvalue weighted by molar-refractivity contribution is 5.88. The smallest absolute Gasteiger partial charge is 0.154 e. The van der Waals surface area contributed by atoms with E-state index in [-0.39, 0.29) is 5.78 Å². The highest BCUT2D eigenvalue weighted by atomic mass is 16.5. The van der Waals surface area contributed by atoms with Crippen LogP contribution in [-0.2, 0) is 4.79 Å². The standard InChI is InChI=1S/C18H23NO2/c1-13-8-9-15(11-18(13)21-2)16(12-19)17(20)10-14-6-4-3-5-7-14/h8-9,11,14,16H,3-7,10H2,1-2H3. The Kier molecular flexibility index (Phi) is 5.38. The van der Waals surface area contributed by atoms with E-state index in [9.17, 15) is 10.1 Å². The Morgan fingerprint density at radius 1 is 1.38 bits per heavy atom. The molecule has 1 aromatic carbocycles. The number of rotatable bonds is 5. The van der Waals surface area contributed by atoms with E-state index in [1.54, 1.807) is 7.11 Å². The van der Waals surface area contributed by atoms with E-state index in [2.05, 4.69) is 6.07 Å². The molecule has 1 aliphatic carbocycles. The molecule has 0 N–H and O–H groups in total. The molecule has 112 valence electrons. The van der Waals surface area contributed by atoms with Crippen LogP contribution in [-0.4, -0.2) is 12.9 Å². The van der Waals surface area contributed by atoms with E-state index in [0.29, 0.717) is 12.3 Å². The zero-order valence-electron chi connectivity index (χ0n) is 12.9. The lowest BCUT2D eigenvalue weighted by molar-refractivity contribution is -0.120. The second kappa shape index (κ2) is 7.26. The monoisotopic (exact) mass is 285 g/mol. The van der Waals surface area contributed by atoms with Crippen molar-refractivity contribution < 1.29 is 9.53 Å². The molecule has 21 heavy (non-hydrogen) atoms. The van der Waals surface area contributed by atoms with Crippen LogP contribution < -0.4 is 4.74 Å². The van der Waals surface area contributed by atoms with Gasteiger partial charge in [0.15, 0.2) is 5.78 Å². The maximum atomic E-state index is 12.5. The molecule has 0 aromatic heterocycles. The predicted molar refractivity (Wildman–Crippen MR) is 82.3 cm³/mol. The lowest BCUT2D eigenvalue weighted by atomic mass is 9.82. The summed E-state index contributed by atoms with van der Waals surface area (Å²) >= 11 is 0. The van der Waals surface area contributed by atoms with E-state index < -0.39 is 5.92 Å². The number of methoxy groups -OCH3 is 1. The third-order valence-electron chi connectivity index (χ3n) is 4.43. The Bertz CT molecular complexity index is 539. The zero-order valence-corrected chi connectivity index (χ0v) is 12.9. The van der Waals surface area contributed by atoms with Gasteiger partial charge in [-0.25, -0.2) is 0 Å². The zero-order chi connectivity index (χ0) is 15.2. The Morgan fingerprint density at radius 3 is 2.71 bits per heavy atom. The molecule has 0 bridgehead atoms. The van der Waals surface area contributed by atoms with Crippen LogP contribution in [0.1, 0.15) is 55.6 Å². The number of nitrogens with zero attached hydrogens (tertiary/aromatic N) is 1. The molecule has 0 spiro atoms. The van der Waals surface area contributed by atoms with Crippen molar-refractivity contribution in [1.29, 1.82) is 5.26 Å². The van der Waals surface area contributed by atoms with Crippen LogP contribution in [0.25, 0.3) is 0 Å². The van der Waals surface area contributed by atoms with Crippen molar-refractivity contribution in [3.05, 3.63) is 29.3 Å². The lowest BCUT2D eigenvalue weighted by Crippen LogP contribution is -2.17. The molecule has 1 unspecified atom stereocenters. The molecule has 0 radical (unpaired) electrons. The topological polar surface area (TPSA) is 50.1 Å². The number of ether oxygens (including phenoxy) is 1. The highest BCUT2D eigenvalue weighted by Crippen LogP contribution is 2.30. The van der Waals surface area contributed by atoms with Gasteiger partial charge in [-0.3, -0.25) is 4.79 Å². The largest absolute Gasteiger partial charge is 0.496 e. The molecule has 1 aromatic rings. The van der Waals surface area contributed by atoms with E-state index in [4.69, 9.17) is 4.74 Å². The van der Waals surface area contributed by atoms with Gasteiger partial charge in [-0.05, 0) is 30.0 Å². The van der Waals surface area contributed by atoms with Gasteiger partial charge >= 0.3 is 0 Å². The van der Waals surface area contributed by atoms with Crippen molar-refractivity contribution in [3.63, 3.8) is 0 Å². The highest BCUT2D eigenvalue weighted by Gasteiger charge is 2.25. The SMILES string of the molecule is COc1cc(C(C#N)C(=O)CC2CCCCC2)ccc1C. The summed E-state index contributed by atoms with van der Waals surface area (Å²) in [5.41, 5.74) is 1.76. The van der Waals surface area contributed by atoms with Crippen molar-refractivity contribution in [3.8, 4) is 11.8 Å². The first-order valence-electron chi connectivity index (χ1n) is 7.72. The number of benzene rings is 1. The summed E-state index contributed by atoms with van der Waals surface area (Å²) in [6, 6.07) is 7.77. The van der Waals surface area contributed by atoms with E-state index >= 15 is 0 Å². The summed E-state index contributed by atoms with van der Waals surface area (Å²) in [7, 11) is 1.61. The van der Waals surface area contributed by atoms with Crippen molar-refractivity contribution in [1.82, 2.24) is 0 Å². The van der Waals surface area contributed by atoms with Gasteiger partial charge in [-0.15, -0.1) is 0 Å². The Hall–Kier alpha value is -1.82. The van der Waals surface area contributed by atoms with E-state index in [0.717, 1.165) is 29.7 Å². The number of nitriles is 1. The van der Waals surface area contributed by atoms with Crippen molar-refractivity contribution in [2.75, 3.05) is 7.11 Å². The maximum Gasteiger partial charge on any atom is 0.154 e. The third kappa shape index (κ3) is 3.85. The Balaban J connectivity index is 2.11. The molecule has 0 aliphatic heterocycles. The van der Waals surface area contributed by atoms with Crippen molar-refractivity contribution in [2.24, 2.45) is 5.92 Å². The summed E-state index contributed by atoms with van der Waals surface area (Å²) in [5, 5.41) is 9.40. The summed E-state index contributed by atoms with van der Waals surface area (Å²) in [6.07, 6.45) is 6.50. The lowest BCUT2D eigenvalue weighted by Gasteiger charge is -2.22. The first kappa shape index (κ1) is 15.6. The quantitative estimate of drug-likeness (QED) is 0.816. The number of ketones is 1. The van der Waals surface area contributed by atoms with Crippen molar-refractivity contribution in [2.45, 2.75) is 51.4 Å². The third-order valence-corrected chi connectivity index (χ3v) is 4.43. The van der Waals surface area contributed by atoms with Crippen LogP contribution in [0.15, 0.2) is 18.2 Å². The number of hydrogen-bond donors (Lipinski definition) is 0. The molecule has 0 amide bonds. The van der Waals surface area contributed by atoms with Crippen LogP contribution in [0.2, 0.25) is 0 Å². The second-order valence-corrected chi connectivity index (χ2v) is 5.97. The average molecular weight is 285 g/mol. The molecule has 3 heteroatoms. The molecule has 1 saturated carbocycles. The van der Waals surface area contributed by atoms with Gasteiger partial charge in [-0.2, -0.15) is 5.26 Å². The molecule has 2 rings (SSSR count). The maximum absolute atomic E-state index is 12.5. The minimum atomic E-state index is -0.665. The molecule has 0 saturated heterocycles. The Morgan fingerprint density at radius 2 is 2.10 bits per heavy atom. The molecule has 1 atom stereocenters. The minimum absolute atomic E-state index is 0.0512. The van der Waals surface area contributed by atoms with Gasteiger partial charge in [0.2, 0.25) is 0 Å². The fourth-order valence-electron chi connectivity index (χ4n) is 3.14. The minimum Gasteiger partial charge on any atom is -0.496 e. The normalized spacial score (nSPS) is 17.0. The van der Waals surface area contributed by atoms with Crippen LogP contribution in [0, 0.1) is 24.2 Å². The molecular weight excluding hydrogens is 262 g/mol. The van der Waals surface area contributed by atoms with Gasteiger partial charge < -0.3 is 4.74 Å². The summed E-state index contributed by atoms with van der Waals surface area (Å²) in [4.78, 5) is 12.5. The fraction of sp³-hybridized carbons (Fsp3) is 0.556. The van der Waals surface area contributed by atoms with Crippen LogP contribution in [0.3, 0.4) is 0 Å². The predicted octanol–water partition coefficient (Wildman–Crippen LogP) is 4.15. The average Bonchev–Trinajstić information content (AvgIpc) is 2.50. The first-order valence-corrected chi connectivity index (χ1v) is 7.72. The van der Waals surface area contributed by atoms with Gasteiger partial charge in [0.1, 0.15) is 11.7 Å². The number of carbonyl (C=O) groups is 1. The molecule has 1 fully saturated rings. The van der Waals surface area contributed by atoms with Gasteiger partial charge in [-0.1, -0.05) is 44.2 Å². The first-order chi connectivity index (χ1) is 10.2. The molecule has 0 heterocycles. The van der Waals surface area contributed by atoms with Crippen LogP contribution >= 0.6 is 0 Å². The van der Waals surface area contributed by atoms with E-state index in [1.165, 1.54) is 19.3 Å². The van der Waals surface area contributed by atoms with Gasteiger partial charge in [0, 0.05) is 6.42 Å². The van der Waals surface area contributed by atoms with Gasteiger partial charge in [0.25, 0.3) is 0 Å². The number of carbonyl (C=O) groups excluding carboxylic acids is 1. The van der Waals surface area contributed by atoms with Crippen LogP contribution in [0.4, 0.5) is 0 Å². The summed E-state index contributed by atoms with van der Waals surface area (Å²) in [5.74, 6) is 0.587. The molecule has 1 aliphatic rings. The summed E-state index contributed by atoms with van der Waals surface area (Å²) in [6.45, 7) is 1.95. The van der Waals surface area contributed by atoms with Gasteiger partial charge in [0.05, 0.1) is 13.2 Å². The fourth-order valence-corrected chi connectivity index (χ4v) is 3.14. The molecule has 3 nitrogen and oxygen atoms in total. The van der Waals surface area contributed by atoms with Crippen LogP contribution in [0.5, 0.6) is 5.75 Å². The van der Waals surface area contributed by atoms with Crippen molar-refractivity contribution >= 4 is 5.78 Å². The Labute approximate surface area is 126 Å². The second-order valence-electron chi connectivity index (χ2n) is 5.97. The van der Waals surface area contributed by atoms with E-state index in [1.807, 2.05) is 25.1 Å². The number of Topliss-reactive ketones (excluding diaryl/α,β-unsaturated/α-hetero) is 1. The summed E-state index contributed by atoms with van der Waals surface area (Å²) < 4.78 is 5.29. The molecular formula is C18H23NO2.